The van der Waals surface area contributed by atoms with Gasteiger partial charge in [-0.05, 0) is 5.56 Å². The van der Waals surface area contributed by atoms with E-state index < -0.39 is 12.9 Å². The van der Waals surface area contributed by atoms with Gasteiger partial charge in [0.15, 0.2) is 0 Å². The molecule has 1 rings (SSSR count). The summed E-state index contributed by atoms with van der Waals surface area (Å²) in [6, 6.07) is 8.65. The Bertz CT molecular complexity index is 376. The minimum Gasteiger partial charge on any atom is -0.373 e. The summed E-state index contributed by atoms with van der Waals surface area (Å²) in [6.07, 6.45) is 0. The lowest BCUT2D eigenvalue weighted by Crippen LogP contribution is -2.29. The average Bonchev–Trinajstić information content (AvgIpc) is 2.37. The Kier molecular flexibility index (Phi) is 4.71. The van der Waals surface area contributed by atoms with Crippen LogP contribution in [-0.4, -0.2) is 24.7 Å². The van der Waals surface area contributed by atoms with Gasteiger partial charge >= 0.3 is 7.60 Å². The van der Waals surface area contributed by atoms with E-state index in [2.05, 4.69) is 15.9 Å². The number of aliphatic hydroxyl groups is 1. The van der Waals surface area contributed by atoms with Gasteiger partial charge in [-0.15, -0.1) is 0 Å². The quantitative estimate of drug-likeness (QED) is 0.671. The highest BCUT2D eigenvalue weighted by Crippen LogP contribution is 2.63. The molecule has 0 radical (unpaired) electrons. The topological polar surface area (TPSA) is 55.8 Å². The molecule has 1 N–H and O–H groups in total. The summed E-state index contributed by atoms with van der Waals surface area (Å²) in [5, 5.41) is 8.83. The molecule has 1 aromatic carbocycles. The van der Waals surface area contributed by atoms with Crippen molar-refractivity contribution in [1.82, 2.24) is 0 Å². The second kappa shape index (κ2) is 5.43. The lowest BCUT2D eigenvalue weighted by atomic mass is 10.1. The van der Waals surface area contributed by atoms with E-state index in [1.165, 1.54) is 14.2 Å². The molecular formula is C10H14BrO4P. The van der Waals surface area contributed by atoms with Gasteiger partial charge in [0.05, 0.1) is 0 Å². The van der Waals surface area contributed by atoms with Crippen molar-refractivity contribution in [2.24, 2.45) is 0 Å². The number of benzene rings is 1. The van der Waals surface area contributed by atoms with Crippen molar-refractivity contribution in [3.8, 4) is 0 Å². The van der Waals surface area contributed by atoms with Crippen LogP contribution >= 0.6 is 23.5 Å². The van der Waals surface area contributed by atoms with E-state index in [-0.39, 0.29) is 5.33 Å². The number of rotatable bonds is 5. The summed E-state index contributed by atoms with van der Waals surface area (Å²) >= 11 is 3.14. The van der Waals surface area contributed by atoms with E-state index in [1.807, 2.05) is 6.07 Å². The maximum absolute atomic E-state index is 12.3. The molecule has 0 aromatic heterocycles. The van der Waals surface area contributed by atoms with Gasteiger partial charge in [-0.2, -0.15) is 0 Å². The first-order valence-electron chi connectivity index (χ1n) is 4.59. The highest BCUT2D eigenvalue weighted by molar-refractivity contribution is 9.09. The van der Waals surface area contributed by atoms with Gasteiger partial charge in [0.1, 0.15) is 0 Å². The average molecular weight is 309 g/mol. The molecule has 0 bridgehead atoms. The van der Waals surface area contributed by atoms with Crippen molar-refractivity contribution >= 4 is 23.5 Å². The number of alkyl halides is 1. The third kappa shape index (κ3) is 2.24. The molecule has 0 heterocycles. The molecule has 0 aliphatic carbocycles. The Labute approximate surface area is 103 Å². The van der Waals surface area contributed by atoms with Crippen LogP contribution in [0, 0.1) is 0 Å². The molecule has 0 fully saturated rings. The van der Waals surface area contributed by atoms with Crippen molar-refractivity contribution in [2.75, 3.05) is 19.5 Å². The van der Waals surface area contributed by atoms with Crippen molar-refractivity contribution < 1.29 is 18.7 Å². The Morgan fingerprint density at radius 2 is 1.81 bits per heavy atom. The number of hydrogen-bond acceptors (Lipinski definition) is 4. The van der Waals surface area contributed by atoms with Crippen LogP contribution in [0.1, 0.15) is 5.56 Å². The molecule has 0 amide bonds. The molecule has 0 aliphatic heterocycles. The first kappa shape index (κ1) is 13.9. The van der Waals surface area contributed by atoms with Crippen LogP contribution in [0.25, 0.3) is 0 Å². The van der Waals surface area contributed by atoms with E-state index in [0.717, 1.165) is 0 Å². The Morgan fingerprint density at radius 1 is 1.31 bits per heavy atom. The van der Waals surface area contributed by atoms with Crippen molar-refractivity contribution in [1.29, 1.82) is 0 Å². The molecule has 1 unspecified atom stereocenters. The Balaban J connectivity index is 3.27. The summed E-state index contributed by atoms with van der Waals surface area (Å²) in [7, 11) is -1.11. The monoisotopic (exact) mass is 308 g/mol. The fourth-order valence-corrected chi connectivity index (χ4v) is 4.00. The highest BCUT2D eigenvalue weighted by Gasteiger charge is 2.49. The van der Waals surface area contributed by atoms with Gasteiger partial charge < -0.3 is 14.2 Å². The lowest BCUT2D eigenvalue weighted by molar-refractivity contribution is 0.0984. The molecule has 6 heteroatoms. The normalized spacial score (nSPS) is 15.8. The molecule has 16 heavy (non-hydrogen) atoms. The zero-order valence-corrected chi connectivity index (χ0v) is 11.6. The predicted molar refractivity (Wildman–Crippen MR) is 65.8 cm³/mol. The lowest BCUT2D eigenvalue weighted by Gasteiger charge is -2.31. The molecule has 0 spiro atoms. The van der Waals surface area contributed by atoms with E-state index in [9.17, 15) is 9.67 Å². The van der Waals surface area contributed by atoms with E-state index >= 15 is 0 Å². The fourth-order valence-electron chi connectivity index (χ4n) is 1.39. The summed E-state index contributed by atoms with van der Waals surface area (Å²) in [5.74, 6) is 0. The summed E-state index contributed by atoms with van der Waals surface area (Å²) in [5.41, 5.74) is 0.485. The molecule has 0 saturated heterocycles. The first-order valence-corrected chi connectivity index (χ1v) is 7.26. The predicted octanol–water partition coefficient (Wildman–Crippen LogP) is 2.71. The van der Waals surface area contributed by atoms with Crippen LogP contribution in [0.5, 0.6) is 0 Å². The third-order valence-corrected chi connectivity index (χ3v) is 5.88. The standard InChI is InChI=1S/C10H14BrO4P/c1-14-16(13,15-2)10(12,8-11)9-6-4-3-5-7-9/h3-7,12H,8H2,1-2H3. The largest absolute Gasteiger partial charge is 0.373 e. The highest BCUT2D eigenvalue weighted by atomic mass is 79.9. The Morgan fingerprint density at radius 3 is 2.19 bits per heavy atom. The van der Waals surface area contributed by atoms with Crippen LogP contribution < -0.4 is 0 Å². The molecule has 0 aliphatic rings. The van der Waals surface area contributed by atoms with Crippen LogP contribution in [0.3, 0.4) is 0 Å². The van der Waals surface area contributed by atoms with Crippen LogP contribution in [0.15, 0.2) is 30.3 Å². The van der Waals surface area contributed by atoms with Crippen LogP contribution in [0.4, 0.5) is 0 Å². The van der Waals surface area contributed by atoms with Gasteiger partial charge in [0, 0.05) is 19.5 Å². The van der Waals surface area contributed by atoms with Gasteiger partial charge in [-0.3, -0.25) is 4.57 Å². The molecular weight excluding hydrogens is 295 g/mol. The van der Waals surface area contributed by atoms with Crippen LogP contribution in [-0.2, 0) is 19.0 Å². The van der Waals surface area contributed by atoms with Crippen molar-refractivity contribution in [3.05, 3.63) is 35.9 Å². The smallest absolute Gasteiger partial charge is 0.366 e. The third-order valence-electron chi connectivity index (χ3n) is 2.36. The molecule has 1 atom stereocenters. The molecule has 0 saturated carbocycles. The summed E-state index contributed by atoms with van der Waals surface area (Å²) < 4.78 is 22.0. The molecule has 90 valence electrons. The zero-order valence-electron chi connectivity index (χ0n) is 9.09. The van der Waals surface area contributed by atoms with Gasteiger partial charge in [0.2, 0.25) is 5.34 Å². The van der Waals surface area contributed by atoms with Gasteiger partial charge in [-0.1, -0.05) is 46.3 Å². The number of halogens is 1. The van der Waals surface area contributed by atoms with Gasteiger partial charge in [-0.25, -0.2) is 0 Å². The van der Waals surface area contributed by atoms with E-state index in [1.54, 1.807) is 24.3 Å². The molecule has 1 aromatic rings. The second-order valence-corrected chi connectivity index (χ2v) is 6.20. The minimum atomic E-state index is -3.62. The van der Waals surface area contributed by atoms with E-state index in [4.69, 9.17) is 9.05 Å². The summed E-state index contributed by atoms with van der Waals surface area (Å²) in [4.78, 5) is 0. The van der Waals surface area contributed by atoms with Gasteiger partial charge in [0.25, 0.3) is 0 Å². The van der Waals surface area contributed by atoms with Crippen molar-refractivity contribution in [2.45, 2.75) is 5.34 Å². The first-order chi connectivity index (χ1) is 7.54. The maximum atomic E-state index is 12.3. The van der Waals surface area contributed by atoms with Crippen molar-refractivity contribution in [3.63, 3.8) is 0 Å². The Hall–Kier alpha value is -0.190. The minimum absolute atomic E-state index is 0.0585. The van der Waals surface area contributed by atoms with E-state index in [0.29, 0.717) is 5.56 Å². The maximum Gasteiger partial charge on any atom is 0.366 e. The second-order valence-electron chi connectivity index (χ2n) is 3.18. The molecule has 4 nitrogen and oxygen atoms in total. The summed E-state index contributed by atoms with van der Waals surface area (Å²) in [6.45, 7) is 0. The fraction of sp³-hybridized carbons (Fsp3) is 0.400. The zero-order chi connectivity index (χ0) is 12.2. The number of hydrogen-bond donors (Lipinski definition) is 1. The SMILES string of the molecule is COP(=O)(OC)C(O)(CBr)c1ccccc1. The van der Waals surface area contributed by atoms with Crippen LogP contribution in [0.2, 0.25) is 0 Å².